The molecule has 0 aliphatic rings. The molecule has 2 atom stereocenters. The highest BCUT2D eigenvalue weighted by Gasteiger charge is 2.21. The summed E-state index contributed by atoms with van der Waals surface area (Å²) in [5.41, 5.74) is 20.2. The first-order valence-electron chi connectivity index (χ1n) is 8.62. The van der Waals surface area contributed by atoms with Crippen LogP contribution in [0.2, 0.25) is 0 Å². The average molecular weight is 458 g/mol. The molecular weight excluding hydrogens is 436 g/mol. The molecule has 0 aromatic rings. The van der Waals surface area contributed by atoms with Crippen LogP contribution in [0.5, 0.6) is 0 Å². The van der Waals surface area contributed by atoms with Crippen molar-refractivity contribution in [1.82, 2.24) is 0 Å². The van der Waals surface area contributed by atoms with Gasteiger partial charge in [0, 0.05) is 25.0 Å². The Labute approximate surface area is 179 Å². The van der Waals surface area contributed by atoms with Crippen LogP contribution in [0.25, 0.3) is 0 Å². The van der Waals surface area contributed by atoms with Crippen LogP contribution in [0.15, 0.2) is 22.1 Å². The molecule has 0 unspecified atom stereocenters. The van der Waals surface area contributed by atoms with E-state index in [4.69, 9.17) is 33.1 Å². The predicted octanol–water partition coefficient (Wildman–Crippen LogP) is -3.30. The predicted molar refractivity (Wildman–Crippen MR) is 104 cm³/mol. The molecule has 32 heavy (non-hydrogen) atoms. The smallest absolute Gasteiger partial charge is 0.338 e. The van der Waals surface area contributed by atoms with Crippen LogP contribution in [0.3, 0.4) is 0 Å². The topological polar surface area (TPSA) is 290 Å². The summed E-state index contributed by atoms with van der Waals surface area (Å²) in [6.45, 7) is 0. The van der Waals surface area contributed by atoms with E-state index in [2.05, 4.69) is 19.5 Å². The standard InChI is InChI=1S/C16H22N6O10/c17-15(18)21-7(13(27)28)1-3-9(23)31-11(25)5-6-12(26)32-10(24)4-2-8(14(29)30)22-16(19)20/h5-8H,1-4H2,(H,27,28)(H,29,30)(H4,17,18,21)(H4,19,20,22)/b6-5-/t7-,8-/m0/s1. The van der Waals surface area contributed by atoms with Gasteiger partial charge in [-0.1, -0.05) is 0 Å². The number of hydrogen-bond acceptors (Lipinski definition) is 10. The number of ether oxygens (including phenoxy) is 2. The second kappa shape index (κ2) is 13.7. The molecule has 0 aromatic heterocycles. The van der Waals surface area contributed by atoms with Crippen molar-refractivity contribution in [2.75, 3.05) is 0 Å². The Hall–Kier alpha value is -4.50. The van der Waals surface area contributed by atoms with E-state index in [1.54, 1.807) is 0 Å². The zero-order valence-corrected chi connectivity index (χ0v) is 16.5. The second-order valence-electron chi connectivity index (χ2n) is 5.81. The third kappa shape index (κ3) is 12.9. The molecule has 176 valence electrons. The van der Waals surface area contributed by atoms with Crippen LogP contribution in [0, 0.1) is 0 Å². The van der Waals surface area contributed by atoms with Crippen molar-refractivity contribution in [1.29, 1.82) is 0 Å². The Morgan fingerprint density at radius 2 is 1.00 bits per heavy atom. The number of esters is 4. The Balaban J connectivity index is 4.53. The SMILES string of the molecule is NC(N)=N[C@@H](CCC(=O)OC(=O)/C=C\C(=O)OC(=O)CC[C@H](N=C(N)N)C(=O)O)C(=O)O. The lowest BCUT2D eigenvalue weighted by atomic mass is 10.1. The fourth-order valence-electron chi connectivity index (χ4n) is 1.89. The molecular formula is C16H22N6O10. The minimum atomic E-state index is -1.42. The maximum absolute atomic E-state index is 11.5. The molecule has 0 bridgehead atoms. The summed E-state index contributed by atoms with van der Waals surface area (Å²) >= 11 is 0. The van der Waals surface area contributed by atoms with E-state index in [0.29, 0.717) is 12.2 Å². The largest absolute Gasteiger partial charge is 0.480 e. The monoisotopic (exact) mass is 458 g/mol. The van der Waals surface area contributed by atoms with Crippen molar-refractivity contribution < 1.29 is 48.5 Å². The third-order valence-corrected chi connectivity index (χ3v) is 3.21. The van der Waals surface area contributed by atoms with Gasteiger partial charge < -0.3 is 42.6 Å². The third-order valence-electron chi connectivity index (χ3n) is 3.21. The number of carbonyl (C=O) groups is 6. The molecule has 0 amide bonds. The van der Waals surface area contributed by atoms with Crippen LogP contribution < -0.4 is 22.9 Å². The molecule has 16 nitrogen and oxygen atoms in total. The molecule has 16 heteroatoms. The second-order valence-corrected chi connectivity index (χ2v) is 5.81. The number of guanidine groups is 2. The Morgan fingerprint density at radius 3 is 1.25 bits per heavy atom. The average Bonchev–Trinajstić information content (AvgIpc) is 2.65. The maximum Gasteiger partial charge on any atom is 0.338 e. The van der Waals surface area contributed by atoms with Crippen LogP contribution in [-0.2, 0) is 38.2 Å². The van der Waals surface area contributed by atoms with E-state index in [0.717, 1.165) is 0 Å². The van der Waals surface area contributed by atoms with Crippen molar-refractivity contribution in [3.05, 3.63) is 12.2 Å². The highest BCUT2D eigenvalue weighted by Crippen LogP contribution is 2.06. The summed E-state index contributed by atoms with van der Waals surface area (Å²) in [5.74, 6) is -8.67. The highest BCUT2D eigenvalue weighted by atomic mass is 16.6. The molecule has 0 rings (SSSR count). The Bertz CT molecular complexity index is 774. The number of aliphatic imine (C=N–C) groups is 2. The van der Waals surface area contributed by atoms with Gasteiger partial charge in [0.25, 0.3) is 0 Å². The number of nitrogens with zero attached hydrogens (tertiary/aromatic N) is 2. The lowest BCUT2D eigenvalue weighted by Crippen LogP contribution is -2.29. The lowest BCUT2D eigenvalue weighted by Gasteiger charge is -2.07. The first-order chi connectivity index (χ1) is 14.8. The molecule has 0 radical (unpaired) electrons. The van der Waals surface area contributed by atoms with E-state index in [1.165, 1.54) is 0 Å². The van der Waals surface area contributed by atoms with Gasteiger partial charge in [0.15, 0.2) is 24.0 Å². The van der Waals surface area contributed by atoms with Crippen molar-refractivity contribution in [2.24, 2.45) is 32.9 Å². The van der Waals surface area contributed by atoms with E-state index >= 15 is 0 Å². The van der Waals surface area contributed by atoms with E-state index in [9.17, 15) is 28.8 Å². The van der Waals surface area contributed by atoms with Gasteiger partial charge in [0.05, 0.1) is 0 Å². The molecule has 0 aromatic carbocycles. The maximum atomic E-state index is 11.5. The van der Waals surface area contributed by atoms with Gasteiger partial charge in [-0.05, 0) is 12.8 Å². The summed E-state index contributed by atoms with van der Waals surface area (Å²) in [6, 6.07) is -2.85. The number of carbonyl (C=O) groups excluding carboxylic acids is 4. The summed E-state index contributed by atoms with van der Waals surface area (Å²) in [7, 11) is 0. The van der Waals surface area contributed by atoms with E-state index < -0.39 is 72.7 Å². The minimum Gasteiger partial charge on any atom is -0.480 e. The molecule has 0 saturated heterocycles. The number of carboxylic acid groups (broad SMARTS) is 2. The van der Waals surface area contributed by atoms with Gasteiger partial charge in [-0.25, -0.2) is 29.2 Å². The number of carboxylic acids is 2. The van der Waals surface area contributed by atoms with Crippen LogP contribution in [0.4, 0.5) is 0 Å². The molecule has 0 spiro atoms. The van der Waals surface area contributed by atoms with Gasteiger partial charge in [-0.3, -0.25) is 9.59 Å². The van der Waals surface area contributed by atoms with Gasteiger partial charge >= 0.3 is 35.8 Å². The molecule has 0 heterocycles. The van der Waals surface area contributed by atoms with Gasteiger partial charge in [-0.15, -0.1) is 0 Å². The first kappa shape index (κ1) is 27.5. The fraction of sp³-hybridized carbons (Fsp3) is 0.375. The lowest BCUT2D eigenvalue weighted by molar-refractivity contribution is -0.159. The van der Waals surface area contributed by atoms with E-state index in [-0.39, 0.29) is 12.8 Å². The Morgan fingerprint density at radius 1 is 0.688 bits per heavy atom. The summed E-state index contributed by atoms with van der Waals surface area (Å²) in [4.78, 5) is 74.7. The van der Waals surface area contributed by atoms with E-state index in [1.807, 2.05) is 0 Å². The van der Waals surface area contributed by atoms with Crippen LogP contribution in [0.1, 0.15) is 25.7 Å². The highest BCUT2D eigenvalue weighted by molar-refractivity contribution is 5.99. The Kier molecular flexibility index (Phi) is 11.8. The number of rotatable bonds is 12. The normalized spacial score (nSPS) is 12.1. The summed E-state index contributed by atoms with van der Waals surface area (Å²) < 4.78 is 8.64. The number of hydrogen-bond donors (Lipinski definition) is 6. The van der Waals surface area contributed by atoms with Crippen molar-refractivity contribution in [3.8, 4) is 0 Å². The molecule has 0 aliphatic heterocycles. The fourth-order valence-corrected chi connectivity index (χ4v) is 1.89. The number of aliphatic carboxylic acids is 2. The van der Waals surface area contributed by atoms with Crippen LogP contribution in [-0.4, -0.2) is 70.0 Å². The molecule has 0 saturated carbocycles. The minimum absolute atomic E-state index is 0.364. The quantitative estimate of drug-likeness (QED) is 0.0549. The molecule has 0 fully saturated rings. The summed E-state index contributed by atoms with van der Waals surface area (Å²) in [6.07, 6.45) is -0.823. The van der Waals surface area contributed by atoms with Gasteiger partial charge in [0.2, 0.25) is 0 Å². The van der Waals surface area contributed by atoms with Crippen molar-refractivity contribution in [2.45, 2.75) is 37.8 Å². The summed E-state index contributed by atoms with van der Waals surface area (Å²) in [5, 5.41) is 17.8. The molecule has 10 N–H and O–H groups in total. The van der Waals surface area contributed by atoms with Crippen molar-refractivity contribution >= 4 is 47.7 Å². The zero-order valence-electron chi connectivity index (χ0n) is 16.5. The van der Waals surface area contributed by atoms with Gasteiger partial charge in [-0.2, -0.15) is 0 Å². The van der Waals surface area contributed by atoms with Gasteiger partial charge in [0.1, 0.15) is 0 Å². The van der Waals surface area contributed by atoms with Crippen LogP contribution >= 0.6 is 0 Å². The molecule has 0 aliphatic carbocycles. The number of nitrogens with two attached hydrogens (primary N) is 4. The zero-order chi connectivity index (χ0) is 24.8. The van der Waals surface area contributed by atoms with Crippen molar-refractivity contribution in [3.63, 3.8) is 0 Å². The first-order valence-corrected chi connectivity index (χ1v) is 8.62.